The van der Waals surface area contributed by atoms with Crippen molar-refractivity contribution >= 4 is 15.9 Å². The highest BCUT2D eigenvalue weighted by Gasteiger charge is 2.19. The molecule has 0 spiro atoms. The molecule has 2 aromatic rings. The first-order valence-electron chi connectivity index (χ1n) is 5.39. The summed E-state index contributed by atoms with van der Waals surface area (Å²) in [7, 11) is 0. The molecule has 0 amide bonds. The van der Waals surface area contributed by atoms with Gasteiger partial charge >= 0.3 is 0 Å². The zero-order valence-corrected chi connectivity index (χ0v) is 11.2. The molecule has 0 fully saturated rings. The van der Waals surface area contributed by atoms with Crippen molar-refractivity contribution in [3.8, 4) is 0 Å². The zero-order valence-electron chi connectivity index (χ0n) is 9.63. The molecule has 0 aromatic heterocycles. The molecule has 6 heteroatoms. The van der Waals surface area contributed by atoms with Gasteiger partial charge in [-0.15, -0.1) is 0 Å². The van der Waals surface area contributed by atoms with Gasteiger partial charge in [0.15, 0.2) is 11.6 Å². The average Bonchev–Trinajstić information content (AvgIpc) is 2.41. The van der Waals surface area contributed by atoms with Crippen LogP contribution in [0.3, 0.4) is 0 Å². The number of benzene rings is 2. The minimum atomic E-state index is -0.986. The number of nitrogens with one attached hydrogen (secondary N) is 1. The van der Waals surface area contributed by atoms with Gasteiger partial charge in [0, 0.05) is 0 Å². The van der Waals surface area contributed by atoms with Gasteiger partial charge < -0.3 is 0 Å². The summed E-state index contributed by atoms with van der Waals surface area (Å²) in [5, 5.41) is 0. The molecule has 0 saturated heterocycles. The lowest BCUT2D eigenvalue weighted by Gasteiger charge is -2.18. The van der Waals surface area contributed by atoms with E-state index in [9.17, 15) is 13.2 Å². The molecule has 3 N–H and O–H groups in total. The van der Waals surface area contributed by atoms with Crippen molar-refractivity contribution in [2.75, 3.05) is 0 Å². The molecular weight excluding hydrogens is 321 g/mol. The first-order chi connectivity index (χ1) is 9.04. The topological polar surface area (TPSA) is 38.0 Å². The van der Waals surface area contributed by atoms with Crippen molar-refractivity contribution in [1.29, 1.82) is 0 Å². The summed E-state index contributed by atoms with van der Waals surface area (Å²) in [5.74, 6) is 3.13. The van der Waals surface area contributed by atoms with Crippen LogP contribution in [0, 0.1) is 17.5 Å². The van der Waals surface area contributed by atoms with E-state index >= 15 is 0 Å². The Bertz CT molecular complexity index is 587. The quantitative estimate of drug-likeness (QED) is 0.514. The smallest absolute Gasteiger partial charge is 0.173 e. The van der Waals surface area contributed by atoms with Gasteiger partial charge in [-0.05, 0) is 45.3 Å². The Labute approximate surface area is 116 Å². The third-order valence-corrected chi connectivity index (χ3v) is 3.55. The molecule has 1 unspecified atom stereocenters. The fourth-order valence-corrected chi connectivity index (χ4v) is 2.34. The first kappa shape index (κ1) is 14.0. The van der Waals surface area contributed by atoms with Crippen molar-refractivity contribution in [2.24, 2.45) is 5.84 Å². The highest BCUT2D eigenvalue weighted by molar-refractivity contribution is 9.10. The summed E-state index contributed by atoms with van der Waals surface area (Å²) in [5.41, 5.74) is 3.56. The fraction of sp³-hybridized carbons (Fsp3) is 0.0769. The number of hydrogen-bond acceptors (Lipinski definition) is 2. The molecule has 0 aliphatic rings. The van der Waals surface area contributed by atoms with Crippen LogP contribution in [-0.2, 0) is 0 Å². The predicted octanol–water partition coefficient (Wildman–Crippen LogP) is 3.42. The molecule has 0 aliphatic heterocycles. The van der Waals surface area contributed by atoms with Crippen molar-refractivity contribution < 1.29 is 13.2 Å². The van der Waals surface area contributed by atoms with Crippen LogP contribution in [0.15, 0.2) is 40.9 Å². The largest absolute Gasteiger partial charge is 0.271 e. The van der Waals surface area contributed by atoms with Gasteiger partial charge in [-0.2, -0.15) is 0 Å². The molecule has 0 radical (unpaired) electrons. The minimum absolute atomic E-state index is 0.0141. The van der Waals surface area contributed by atoms with Crippen LogP contribution in [0.25, 0.3) is 0 Å². The fourth-order valence-electron chi connectivity index (χ4n) is 1.78. The second kappa shape index (κ2) is 5.73. The van der Waals surface area contributed by atoms with Gasteiger partial charge in [0.2, 0.25) is 0 Å². The molecule has 100 valence electrons. The summed E-state index contributed by atoms with van der Waals surface area (Å²) in [6, 6.07) is 7.44. The van der Waals surface area contributed by atoms with Gasteiger partial charge in [-0.25, -0.2) is 18.6 Å². The van der Waals surface area contributed by atoms with Crippen molar-refractivity contribution in [1.82, 2.24) is 5.43 Å². The Hall–Kier alpha value is -1.37. The van der Waals surface area contributed by atoms with Crippen LogP contribution in [0.1, 0.15) is 17.2 Å². The molecule has 2 nitrogen and oxygen atoms in total. The molecule has 0 saturated carbocycles. The van der Waals surface area contributed by atoms with E-state index in [-0.39, 0.29) is 10.3 Å². The standard InChI is InChI=1S/C13H10BrF3N2/c14-11-9(5-6-10(16)12(11)17)13(19-18)7-1-3-8(15)4-2-7/h1-6,13,19H,18H2. The molecular formula is C13H10BrF3N2. The average molecular weight is 331 g/mol. The maximum atomic E-state index is 13.5. The van der Waals surface area contributed by atoms with Gasteiger partial charge in [0.05, 0.1) is 10.5 Å². The van der Waals surface area contributed by atoms with Gasteiger partial charge in [-0.1, -0.05) is 18.2 Å². The van der Waals surface area contributed by atoms with Gasteiger partial charge in [0.25, 0.3) is 0 Å². The highest BCUT2D eigenvalue weighted by Crippen LogP contribution is 2.31. The monoisotopic (exact) mass is 330 g/mol. The maximum Gasteiger partial charge on any atom is 0.173 e. The first-order valence-corrected chi connectivity index (χ1v) is 6.19. The van der Waals surface area contributed by atoms with E-state index in [1.807, 2.05) is 0 Å². The lowest BCUT2D eigenvalue weighted by molar-refractivity contribution is 0.498. The molecule has 1 atom stereocenters. The lowest BCUT2D eigenvalue weighted by atomic mass is 9.99. The van der Waals surface area contributed by atoms with Crippen LogP contribution in [-0.4, -0.2) is 0 Å². The molecule has 0 aliphatic carbocycles. The highest BCUT2D eigenvalue weighted by atomic mass is 79.9. The normalized spacial score (nSPS) is 12.5. The second-order valence-electron chi connectivity index (χ2n) is 3.92. The summed E-state index contributed by atoms with van der Waals surface area (Å²) >= 11 is 3.00. The Morgan fingerprint density at radius 2 is 1.63 bits per heavy atom. The van der Waals surface area contributed by atoms with E-state index in [0.717, 1.165) is 6.07 Å². The Morgan fingerprint density at radius 1 is 1.00 bits per heavy atom. The van der Waals surface area contributed by atoms with Gasteiger partial charge in [-0.3, -0.25) is 5.84 Å². The van der Waals surface area contributed by atoms with E-state index in [1.54, 1.807) is 0 Å². The van der Waals surface area contributed by atoms with E-state index in [1.165, 1.54) is 30.3 Å². The Kier molecular flexibility index (Phi) is 4.24. The Morgan fingerprint density at radius 3 is 2.21 bits per heavy atom. The number of nitrogens with two attached hydrogens (primary N) is 1. The minimum Gasteiger partial charge on any atom is -0.271 e. The van der Waals surface area contributed by atoms with Crippen LogP contribution in [0.4, 0.5) is 13.2 Å². The maximum absolute atomic E-state index is 13.5. The predicted molar refractivity (Wildman–Crippen MR) is 69.6 cm³/mol. The molecule has 0 bridgehead atoms. The third-order valence-electron chi connectivity index (χ3n) is 2.75. The lowest BCUT2D eigenvalue weighted by Crippen LogP contribution is -2.29. The second-order valence-corrected chi connectivity index (χ2v) is 4.71. The summed E-state index contributed by atoms with van der Waals surface area (Å²) in [4.78, 5) is 0. The molecule has 19 heavy (non-hydrogen) atoms. The number of hydrazine groups is 1. The van der Waals surface area contributed by atoms with Crippen LogP contribution in [0.5, 0.6) is 0 Å². The zero-order chi connectivity index (χ0) is 14.0. The summed E-state index contributed by atoms with van der Waals surface area (Å²) in [6.07, 6.45) is 0. The third kappa shape index (κ3) is 2.80. The molecule has 2 aromatic carbocycles. The van der Waals surface area contributed by atoms with E-state index in [2.05, 4.69) is 21.4 Å². The van der Waals surface area contributed by atoms with E-state index < -0.39 is 17.7 Å². The molecule has 0 heterocycles. The summed E-state index contributed by atoms with van der Waals surface area (Å²) < 4.78 is 39.5. The van der Waals surface area contributed by atoms with Crippen molar-refractivity contribution in [2.45, 2.75) is 6.04 Å². The van der Waals surface area contributed by atoms with Crippen molar-refractivity contribution in [3.63, 3.8) is 0 Å². The number of hydrogen-bond donors (Lipinski definition) is 2. The Balaban J connectivity index is 2.48. The van der Waals surface area contributed by atoms with Crippen LogP contribution < -0.4 is 11.3 Å². The van der Waals surface area contributed by atoms with Gasteiger partial charge in [0.1, 0.15) is 5.82 Å². The SMILES string of the molecule is NNC(c1ccc(F)cc1)c1ccc(F)c(F)c1Br. The van der Waals surface area contributed by atoms with E-state index in [4.69, 9.17) is 5.84 Å². The summed E-state index contributed by atoms with van der Waals surface area (Å²) in [6.45, 7) is 0. The van der Waals surface area contributed by atoms with Crippen molar-refractivity contribution in [3.05, 3.63) is 69.4 Å². The number of rotatable bonds is 3. The molecule has 2 rings (SSSR count). The number of halogens is 4. The van der Waals surface area contributed by atoms with Crippen LogP contribution in [0.2, 0.25) is 0 Å². The van der Waals surface area contributed by atoms with E-state index in [0.29, 0.717) is 11.1 Å². The van der Waals surface area contributed by atoms with Crippen LogP contribution >= 0.6 is 15.9 Å².